The summed E-state index contributed by atoms with van der Waals surface area (Å²) in [7, 11) is 2.93. The Balaban J connectivity index is 2.20. The van der Waals surface area contributed by atoms with E-state index < -0.39 is 16.7 Å². The van der Waals surface area contributed by atoms with Crippen LogP contribution in [0.2, 0.25) is 0 Å². The fraction of sp³-hybridized carbons (Fsp3) is 0.571. The lowest BCUT2D eigenvalue weighted by Crippen LogP contribution is -2.56. The van der Waals surface area contributed by atoms with Crippen LogP contribution in [0.25, 0.3) is 0 Å². The van der Waals surface area contributed by atoms with Gasteiger partial charge in [0.2, 0.25) is 0 Å². The van der Waals surface area contributed by atoms with Crippen LogP contribution in [-0.2, 0) is 31.0 Å². The summed E-state index contributed by atoms with van der Waals surface area (Å²) in [6, 6.07) is 3.99. The predicted molar refractivity (Wildman–Crippen MR) is 96.3 cm³/mol. The molecule has 0 radical (unpaired) electrons. The van der Waals surface area contributed by atoms with E-state index in [4.69, 9.17) is 9.47 Å². The maximum atomic E-state index is 13.2. The molecular weight excluding hydrogens is 332 g/mol. The number of aryl methyl sites for hydroxylation is 1. The molecule has 0 bridgehead atoms. The molecule has 3 rings (SSSR count). The Morgan fingerprint density at radius 2 is 1.88 bits per heavy atom. The van der Waals surface area contributed by atoms with Crippen molar-refractivity contribution in [2.75, 3.05) is 14.2 Å². The lowest BCUT2D eigenvalue weighted by Gasteiger charge is -2.53. The van der Waals surface area contributed by atoms with Crippen LogP contribution in [0.3, 0.4) is 0 Å². The Hall–Kier alpha value is -2.17. The second kappa shape index (κ2) is 6.22. The number of ketones is 2. The molecule has 26 heavy (non-hydrogen) atoms. The van der Waals surface area contributed by atoms with Crippen LogP contribution in [-0.4, -0.2) is 31.8 Å². The fourth-order valence-corrected chi connectivity index (χ4v) is 5.39. The topological polar surface area (TPSA) is 69.7 Å². The lowest BCUT2D eigenvalue weighted by molar-refractivity contribution is -0.150. The second-order valence-corrected chi connectivity index (χ2v) is 8.29. The largest absolute Gasteiger partial charge is 0.496 e. The van der Waals surface area contributed by atoms with Crippen molar-refractivity contribution in [1.29, 1.82) is 0 Å². The first-order chi connectivity index (χ1) is 12.1. The molecule has 5 nitrogen and oxygen atoms in total. The van der Waals surface area contributed by atoms with Crippen LogP contribution < -0.4 is 4.74 Å². The van der Waals surface area contributed by atoms with Crippen molar-refractivity contribution in [3.05, 3.63) is 28.8 Å². The molecule has 3 atom stereocenters. The third-order valence-corrected chi connectivity index (χ3v) is 6.14. The van der Waals surface area contributed by atoms with E-state index in [-0.39, 0.29) is 36.8 Å². The van der Waals surface area contributed by atoms with E-state index in [1.807, 2.05) is 26.8 Å². The van der Waals surface area contributed by atoms with Crippen molar-refractivity contribution < 1.29 is 23.9 Å². The molecule has 1 aromatic carbocycles. The monoisotopic (exact) mass is 358 g/mol. The minimum Gasteiger partial charge on any atom is -0.496 e. The molecule has 1 aromatic rings. The first kappa shape index (κ1) is 18.6. The summed E-state index contributed by atoms with van der Waals surface area (Å²) in [5.41, 5.74) is 1.54. The van der Waals surface area contributed by atoms with Crippen molar-refractivity contribution in [2.24, 2.45) is 11.3 Å². The number of esters is 1. The summed E-state index contributed by atoms with van der Waals surface area (Å²) in [5, 5.41) is 0. The highest BCUT2D eigenvalue weighted by atomic mass is 16.5. The van der Waals surface area contributed by atoms with Crippen LogP contribution in [0.1, 0.15) is 49.8 Å². The van der Waals surface area contributed by atoms with Crippen molar-refractivity contribution in [1.82, 2.24) is 0 Å². The molecule has 140 valence electrons. The highest BCUT2D eigenvalue weighted by molar-refractivity contribution is 5.94. The Labute approximate surface area is 154 Å². The van der Waals surface area contributed by atoms with E-state index in [9.17, 15) is 14.4 Å². The van der Waals surface area contributed by atoms with Crippen molar-refractivity contribution in [3.8, 4) is 5.75 Å². The van der Waals surface area contributed by atoms with Gasteiger partial charge in [-0.25, -0.2) is 0 Å². The Morgan fingerprint density at radius 1 is 1.19 bits per heavy atom. The highest BCUT2D eigenvalue weighted by Crippen LogP contribution is 2.57. The normalized spacial score (nSPS) is 30.4. The van der Waals surface area contributed by atoms with Gasteiger partial charge in [-0.3, -0.25) is 14.4 Å². The highest BCUT2D eigenvalue weighted by Gasteiger charge is 2.58. The number of ether oxygens (including phenoxy) is 2. The third-order valence-electron chi connectivity index (χ3n) is 6.14. The number of carbonyl (C=O) groups excluding carboxylic acids is 3. The van der Waals surface area contributed by atoms with E-state index in [0.717, 1.165) is 16.7 Å². The standard InChI is InChI=1S/C21H26O5/c1-12-6-15-14(17(7-12)25-4)8-16(23)19-20(2,11-18(24)26-5)9-13(22)10-21(15,19)3/h6-7,19H,8-11H2,1-5H3/t19-,20+,21+/m1/s1. The quantitative estimate of drug-likeness (QED) is 0.777. The van der Waals surface area contributed by atoms with Gasteiger partial charge < -0.3 is 9.47 Å². The van der Waals surface area contributed by atoms with Gasteiger partial charge in [0.25, 0.3) is 0 Å². The molecule has 0 N–H and O–H groups in total. The van der Waals surface area contributed by atoms with Gasteiger partial charge in [0.15, 0.2) is 0 Å². The molecule has 2 aliphatic rings. The number of rotatable bonds is 3. The number of hydrogen-bond acceptors (Lipinski definition) is 5. The number of methoxy groups -OCH3 is 2. The van der Waals surface area contributed by atoms with Crippen molar-refractivity contribution in [2.45, 2.75) is 51.9 Å². The van der Waals surface area contributed by atoms with Gasteiger partial charge in [-0.05, 0) is 29.5 Å². The molecule has 0 amide bonds. The number of benzene rings is 1. The molecule has 0 aliphatic heterocycles. The van der Waals surface area contributed by atoms with Gasteiger partial charge in [0.1, 0.15) is 17.3 Å². The van der Waals surface area contributed by atoms with Crippen LogP contribution in [0.4, 0.5) is 0 Å². The van der Waals surface area contributed by atoms with Gasteiger partial charge in [0, 0.05) is 36.2 Å². The number of Topliss-reactive ketones (excluding diaryl/α,β-unsaturated/α-hetero) is 2. The zero-order chi connectivity index (χ0) is 19.3. The van der Waals surface area contributed by atoms with Crippen molar-refractivity contribution in [3.63, 3.8) is 0 Å². The van der Waals surface area contributed by atoms with Gasteiger partial charge in [-0.2, -0.15) is 0 Å². The van der Waals surface area contributed by atoms with E-state index in [2.05, 4.69) is 6.07 Å². The predicted octanol–water partition coefficient (Wildman–Crippen LogP) is 2.94. The molecule has 2 aliphatic carbocycles. The lowest BCUT2D eigenvalue weighted by atomic mass is 9.48. The maximum absolute atomic E-state index is 13.2. The zero-order valence-electron chi connectivity index (χ0n) is 16.1. The Bertz CT molecular complexity index is 796. The molecular formula is C21H26O5. The first-order valence-electron chi connectivity index (χ1n) is 8.94. The summed E-state index contributed by atoms with van der Waals surface area (Å²) >= 11 is 0. The number of hydrogen-bond donors (Lipinski definition) is 0. The van der Waals surface area contributed by atoms with Gasteiger partial charge in [0.05, 0.1) is 20.6 Å². The van der Waals surface area contributed by atoms with Crippen LogP contribution in [0.5, 0.6) is 5.75 Å². The summed E-state index contributed by atoms with van der Waals surface area (Å²) in [4.78, 5) is 37.9. The summed E-state index contributed by atoms with van der Waals surface area (Å²) < 4.78 is 10.4. The van der Waals surface area contributed by atoms with E-state index in [1.165, 1.54) is 7.11 Å². The van der Waals surface area contributed by atoms with Crippen molar-refractivity contribution >= 4 is 17.5 Å². The molecule has 0 heterocycles. The van der Waals surface area contributed by atoms with Crippen LogP contribution in [0, 0.1) is 18.3 Å². The summed E-state index contributed by atoms with van der Waals surface area (Å²) in [5.74, 6) is 0.0637. The first-order valence-corrected chi connectivity index (χ1v) is 8.94. The van der Waals surface area contributed by atoms with Gasteiger partial charge in [-0.15, -0.1) is 0 Å². The smallest absolute Gasteiger partial charge is 0.306 e. The molecule has 0 saturated heterocycles. The van der Waals surface area contributed by atoms with Gasteiger partial charge in [-0.1, -0.05) is 19.9 Å². The minimum absolute atomic E-state index is 0.0690. The van der Waals surface area contributed by atoms with Gasteiger partial charge >= 0.3 is 5.97 Å². The molecule has 1 fully saturated rings. The average Bonchev–Trinajstić information content (AvgIpc) is 2.53. The fourth-order valence-electron chi connectivity index (χ4n) is 5.39. The number of fused-ring (bicyclic) bond motifs is 3. The third kappa shape index (κ3) is 2.74. The maximum Gasteiger partial charge on any atom is 0.306 e. The number of carbonyl (C=O) groups is 3. The molecule has 0 unspecified atom stereocenters. The van der Waals surface area contributed by atoms with Crippen LogP contribution >= 0.6 is 0 Å². The van der Waals surface area contributed by atoms with E-state index in [1.54, 1.807) is 7.11 Å². The van der Waals surface area contributed by atoms with Crippen LogP contribution in [0.15, 0.2) is 12.1 Å². The minimum atomic E-state index is -0.733. The summed E-state index contributed by atoms with van der Waals surface area (Å²) in [6.07, 6.45) is 0.871. The molecule has 5 heteroatoms. The van der Waals surface area contributed by atoms with E-state index in [0.29, 0.717) is 12.2 Å². The Morgan fingerprint density at radius 3 is 2.50 bits per heavy atom. The average molecular weight is 358 g/mol. The molecule has 0 aromatic heterocycles. The molecule has 1 saturated carbocycles. The Kier molecular flexibility index (Phi) is 4.45. The SMILES string of the molecule is COC(=O)C[C@]1(C)CC(=O)C[C@@]2(C)c3cc(C)cc(OC)c3CC(=O)[C@H]12. The van der Waals surface area contributed by atoms with E-state index >= 15 is 0 Å². The second-order valence-electron chi connectivity index (χ2n) is 8.29. The molecule has 0 spiro atoms. The zero-order valence-corrected chi connectivity index (χ0v) is 16.1. The summed E-state index contributed by atoms with van der Waals surface area (Å²) in [6.45, 7) is 5.84.